The summed E-state index contributed by atoms with van der Waals surface area (Å²) in [5, 5.41) is 8.71. The van der Waals surface area contributed by atoms with E-state index in [2.05, 4.69) is 36.1 Å². The van der Waals surface area contributed by atoms with Gasteiger partial charge in [0.25, 0.3) is 0 Å². The number of hydrogen-bond donors (Lipinski definition) is 1. The second kappa shape index (κ2) is 7.44. The Labute approximate surface area is 121 Å². The third kappa shape index (κ3) is 3.83. The summed E-state index contributed by atoms with van der Waals surface area (Å²) in [6.07, 6.45) is 5.59. The van der Waals surface area contributed by atoms with Gasteiger partial charge in [-0.3, -0.25) is 9.69 Å². The maximum Gasteiger partial charge on any atom is 0.303 e. The minimum atomic E-state index is -0.682. The molecule has 0 fully saturated rings. The number of aliphatic carboxylic acids is 1. The number of rotatable bonds is 8. The Morgan fingerprint density at radius 3 is 2.85 bits per heavy atom. The first-order valence-electron chi connectivity index (χ1n) is 7.76. The van der Waals surface area contributed by atoms with E-state index in [1.54, 1.807) is 0 Å². The summed E-state index contributed by atoms with van der Waals surface area (Å²) >= 11 is 0. The zero-order chi connectivity index (χ0) is 14.4. The molecule has 1 unspecified atom stereocenters. The van der Waals surface area contributed by atoms with Crippen molar-refractivity contribution in [2.75, 3.05) is 13.1 Å². The van der Waals surface area contributed by atoms with Crippen molar-refractivity contribution in [3.63, 3.8) is 0 Å². The normalized spacial score (nSPS) is 17.4. The monoisotopic (exact) mass is 275 g/mol. The minimum Gasteiger partial charge on any atom is -0.481 e. The van der Waals surface area contributed by atoms with Crippen LogP contribution in [0.4, 0.5) is 0 Å². The van der Waals surface area contributed by atoms with Crippen LogP contribution in [0.2, 0.25) is 0 Å². The van der Waals surface area contributed by atoms with E-state index in [4.69, 9.17) is 5.11 Å². The highest BCUT2D eigenvalue weighted by molar-refractivity contribution is 5.66. The maximum absolute atomic E-state index is 10.6. The molecule has 1 aromatic carbocycles. The van der Waals surface area contributed by atoms with Gasteiger partial charge in [-0.1, -0.05) is 31.2 Å². The van der Waals surface area contributed by atoms with Gasteiger partial charge in [-0.05, 0) is 56.3 Å². The fraction of sp³-hybridized carbons (Fsp3) is 0.588. The molecule has 20 heavy (non-hydrogen) atoms. The van der Waals surface area contributed by atoms with Crippen molar-refractivity contribution in [1.29, 1.82) is 0 Å². The molecule has 3 heteroatoms. The average molecular weight is 275 g/mol. The molecule has 0 aromatic heterocycles. The van der Waals surface area contributed by atoms with E-state index < -0.39 is 5.97 Å². The van der Waals surface area contributed by atoms with Crippen LogP contribution in [0.5, 0.6) is 0 Å². The lowest BCUT2D eigenvalue weighted by atomic mass is 10.1. The van der Waals surface area contributed by atoms with Crippen LogP contribution in [0.1, 0.15) is 56.2 Å². The number of carboxylic acids is 1. The molecular weight excluding hydrogens is 250 g/mol. The van der Waals surface area contributed by atoms with Gasteiger partial charge in [0.15, 0.2) is 0 Å². The summed E-state index contributed by atoms with van der Waals surface area (Å²) in [7, 11) is 0. The van der Waals surface area contributed by atoms with Crippen LogP contribution >= 0.6 is 0 Å². The summed E-state index contributed by atoms with van der Waals surface area (Å²) in [6, 6.07) is 9.29. The van der Waals surface area contributed by atoms with Gasteiger partial charge < -0.3 is 5.11 Å². The summed E-state index contributed by atoms with van der Waals surface area (Å²) in [4.78, 5) is 13.1. The highest BCUT2D eigenvalue weighted by Crippen LogP contribution is 2.35. The lowest BCUT2D eigenvalue weighted by Crippen LogP contribution is -2.29. The van der Waals surface area contributed by atoms with E-state index >= 15 is 0 Å². The number of benzene rings is 1. The fourth-order valence-electron chi connectivity index (χ4n) is 3.22. The van der Waals surface area contributed by atoms with Crippen LogP contribution < -0.4 is 0 Å². The van der Waals surface area contributed by atoms with Gasteiger partial charge in [-0.25, -0.2) is 0 Å². The first-order valence-corrected chi connectivity index (χ1v) is 7.76. The molecule has 0 amide bonds. The molecular formula is C17H25NO2. The second-order valence-electron chi connectivity index (χ2n) is 5.64. The molecule has 0 bridgehead atoms. The third-order valence-electron chi connectivity index (χ3n) is 4.14. The number of carboxylic acid groups (broad SMARTS) is 1. The van der Waals surface area contributed by atoms with Crippen LogP contribution in [-0.4, -0.2) is 29.1 Å². The van der Waals surface area contributed by atoms with Crippen LogP contribution in [0.25, 0.3) is 0 Å². The Morgan fingerprint density at radius 1 is 1.30 bits per heavy atom. The highest BCUT2D eigenvalue weighted by Gasteiger charge is 2.26. The number of unbranched alkanes of at least 4 members (excludes halogenated alkanes) is 1. The molecule has 1 aliphatic rings. The largest absolute Gasteiger partial charge is 0.481 e. The number of fused-ring (bicyclic) bond motifs is 1. The van der Waals surface area contributed by atoms with Gasteiger partial charge in [0.2, 0.25) is 0 Å². The zero-order valence-corrected chi connectivity index (χ0v) is 12.3. The molecule has 0 spiro atoms. The average Bonchev–Trinajstić information content (AvgIpc) is 2.86. The van der Waals surface area contributed by atoms with Gasteiger partial charge in [0.1, 0.15) is 0 Å². The number of hydrogen-bond acceptors (Lipinski definition) is 2. The topological polar surface area (TPSA) is 40.5 Å². The SMILES string of the molecule is CCCN(CCCCC(=O)O)C1CCc2ccccc21. The van der Waals surface area contributed by atoms with Crippen molar-refractivity contribution < 1.29 is 9.90 Å². The standard InChI is InChI=1S/C17H25NO2/c1-2-12-18(13-6-5-9-17(19)20)16-11-10-14-7-3-4-8-15(14)16/h3-4,7-8,16H,2,5-6,9-13H2,1H3,(H,19,20). The second-order valence-corrected chi connectivity index (χ2v) is 5.64. The molecule has 0 heterocycles. The van der Waals surface area contributed by atoms with E-state index in [1.807, 2.05) is 0 Å². The lowest BCUT2D eigenvalue weighted by molar-refractivity contribution is -0.137. The molecule has 1 aromatic rings. The first-order chi connectivity index (χ1) is 9.72. The molecule has 0 aliphatic heterocycles. The number of carbonyl (C=O) groups is 1. The van der Waals surface area contributed by atoms with Gasteiger partial charge in [0.05, 0.1) is 0 Å². The molecule has 1 N–H and O–H groups in total. The molecule has 2 rings (SSSR count). The van der Waals surface area contributed by atoms with Crippen molar-refractivity contribution in [2.45, 2.75) is 51.5 Å². The molecule has 3 nitrogen and oxygen atoms in total. The molecule has 110 valence electrons. The Balaban J connectivity index is 1.93. The van der Waals surface area contributed by atoms with Gasteiger partial charge in [-0.2, -0.15) is 0 Å². The van der Waals surface area contributed by atoms with Crippen molar-refractivity contribution in [3.8, 4) is 0 Å². The summed E-state index contributed by atoms with van der Waals surface area (Å²) in [6.45, 7) is 4.33. The Hall–Kier alpha value is -1.35. The minimum absolute atomic E-state index is 0.293. The lowest BCUT2D eigenvalue weighted by Gasteiger charge is -2.29. The molecule has 0 saturated heterocycles. The Morgan fingerprint density at radius 2 is 2.10 bits per heavy atom. The van der Waals surface area contributed by atoms with E-state index in [0.29, 0.717) is 12.5 Å². The van der Waals surface area contributed by atoms with Crippen LogP contribution in [0.3, 0.4) is 0 Å². The summed E-state index contributed by atoms with van der Waals surface area (Å²) in [5.41, 5.74) is 2.98. The maximum atomic E-state index is 10.6. The summed E-state index contributed by atoms with van der Waals surface area (Å²) < 4.78 is 0. The van der Waals surface area contributed by atoms with E-state index in [1.165, 1.54) is 24.0 Å². The predicted molar refractivity (Wildman–Crippen MR) is 80.9 cm³/mol. The number of aryl methyl sites for hydroxylation is 1. The summed E-state index contributed by atoms with van der Waals surface area (Å²) in [5.74, 6) is -0.682. The first kappa shape index (κ1) is 15.0. The van der Waals surface area contributed by atoms with Gasteiger partial charge >= 0.3 is 5.97 Å². The highest BCUT2D eigenvalue weighted by atomic mass is 16.4. The smallest absolute Gasteiger partial charge is 0.303 e. The van der Waals surface area contributed by atoms with Gasteiger partial charge in [-0.15, -0.1) is 0 Å². The van der Waals surface area contributed by atoms with Crippen molar-refractivity contribution in [2.24, 2.45) is 0 Å². The van der Waals surface area contributed by atoms with E-state index in [-0.39, 0.29) is 0 Å². The Kier molecular flexibility index (Phi) is 5.60. The van der Waals surface area contributed by atoms with E-state index in [0.717, 1.165) is 32.4 Å². The molecule has 0 saturated carbocycles. The molecule has 1 aliphatic carbocycles. The van der Waals surface area contributed by atoms with Crippen LogP contribution in [0.15, 0.2) is 24.3 Å². The molecule has 1 atom stereocenters. The predicted octanol–water partition coefficient (Wildman–Crippen LogP) is 3.64. The van der Waals surface area contributed by atoms with Crippen LogP contribution in [-0.2, 0) is 11.2 Å². The van der Waals surface area contributed by atoms with Crippen molar-refractivity contribution in [3.05, 3.63) is 35.4 Å². The van der Waals surface area contributed by atoms with Gasteiger partial charge in [0, 0.05) is 12.5 Å². The van der Waals surface area contributed by atoms with Crippen LogP contribution in [0, 0.1) is 0 Å². The molecule has 0 radical (unpaired) electrons. The fourth-order valence-corrected chi connectivity index (χ4v) is 3.22. The zero-order valence-electron chi connectivity index (χ0n) is 12.3. The quantitative estimate of drug-likeness (QED) is 0.736. The number of nitrogens with zero attached hydrogens (tertiary/aromatic N) is 1. The third-order valence-corrected chi connectivity index (χ3v) is 4.14. The van der Waals surface area contributed by atoms with E-state index in [9.17, 15) is 4.79 Å². The van der Waals surface area contributed by atoms with Crippen molar-refractivity contribution in [1.82, 2.24) is 4.90 Å². The Bertz CT molecular complexity index is 444. The van der Waals surface area contributed by atoms with Crippen molar-refractivity contribution >= 4 is 5.97 Å².